The Morgan fingerprint density at radius 2 is 1.93 bits per heavy atom. The van der Waals surface area contributed by atoms with E-state index in [1.807, 2.05) is 20.8 Å². The fraction of sp³-hybridized carbons (Fsp3) is 0.833. The third-order valence-electron chi connectivity index (χ3n) is 2.64. The Morgan fingerprint density at radius 1 is 1.33 bits per heavy atom. The van der Waals surface area contributed by atoms with Crippen molar-refractivity contribution in [1.29, 1.82) is 5.26 Å². The molecule has 0 amide bonds. The molecule has 0 aromatic rings. The van der Waals surface area contributed by atoms with Crippen molar-refractivity contribution in [3.05, 3.63) is 0 Å². The number of nitriles is 1. The van der Waals surface area contributed by atoms with Crippen molar-refractivity contribution >= 4 is 5.97 Å². The summed E-state index contributed by atoms with van der Waals surface area (Å²) in [5.74, 6) is -0.551. The molecular weight excluding hydrogens is 190 g/mol. The van der Waals surface area contributed by atoms with Gasteiger partial charge in [0.1, 0.15) is 5.60 Å². The molecule has 0 radical (unpaired) electrons. The summed E-state index contributed by atoms with van der Waals surface area (Å²) in [5, 5.41) is 8.95. The molecule has 0 aromatic carbocycles. The van der Waals surface area contributed by atoms with Crippen LogP contribution >= 0.6 is 0 Å². The maximum Gasteiger partial charge on any atom is 0.310 e. The first kappa shape index (κ1) is 12.0. The second-order valence-electron chi connectivity index (χ2n) is 5.16. The van der Waals surface area contributed by atoms with Gasteiger partial charge in [-0.2, -0.15) is 5.26 Å². The second kappa shape index (κ2) is 4.65. The van der Waals surface area contributed by atoms with Gasteiger partial charge in [0.15, 0.2) is 0 Å². The van der Waals surface area contributed by atoms with Crippen LogP contribution in [0.25, 0.3) is 0 Å². The van der Waals surface area contributed by atoms with Gasteiger partial charge in [0.05, 0.1) is 17.9 Å². The molecule has 0 aliphatic heterocycles. The summed E-state index contributed by atoms with van der Waals surface area (Å²) in [5.41, 5.74) is -0.450. The third-order valence-corrected chi connectivity index (χ3v) is 2.64. The zero-order valence-electron chi connectivity index (χ0n) is 9.75. The number of rotatable bonds is 1. The third kappa shape index (κ3) is 3.54. The van der Waals surface area contributed by atoms with Crippen LogP contribution in [-0.2, 0) is 9.53 Å². The predicted molar refractivity (Wildman–Crippen MR) is 56.9 cm³/mol. The SMILES string of the molecule is CC(C)(C)OC(=O)[C@H]1CCCC[C@H]1C#N. The van der Waals surface area contributed by atoms with Crippen molar-refractivity contribution in [3.63, 3.8) is 0 Å². The first-order chi connectivity index (χ1) is 6.94. The smallest absolute Gasteiger partial charge is 0.310 e. The predicted octanol–water partition coefficient (Wildman–Crippen LogP) is 2.66. The van der Waals surface area contributed by atoms with Crippen molar-refractivity contribution in [2.75, 3.05) is 0 Å². The molecule has 2 atom stereocenters. The van der Waals surface area contributed by atoms with E-state index >= 15 is 0 Å². The maximum atomic E-state index is 11.8. The van der Waals surface area contributed by atoms with Crippen molar-refractivity contribution in [2.24, 2.45) is 11.8 Å². The number of carbonyl (C=O) groups is 1. The molecule has 0 aromatic heterocycles. The number of nitrogens with zero attached hydrogens (tertiary/aromatic N) is 1. The van der Waals surface area contributed by atoms with Gasteiger partial charge in [-0.3, -0.25) is 4.79 Å². The minimum Gasteiger partial charge on any atom is -0.460 e. The van der Waals surface area contributed by atoms with Crippen molar-refractivity contribution in [3.8, 4) is 6.07 Å². The molecule has 84 valence electrons. The van der Waals surface area contributed by atoms with E-state index in [1.54, 1.807) is 0 Å². The average molecular weight is 209 g/mol. The van der Waals surface area contributed by atoms with E-state index in [-0.39, 0.29) is 17.8 Å². The van der Waals surface area contributed by atoms with E-state index in [4.69, 9.17) is 10.00 Å². The maximum absolute atomic E-state index is 11.8. The van der Waals surface area contributed by atoms with Crippen LogP contribution in [0, 0.1) is 23.2 Å². The van der Waals surface area contributed by atoms with E-state index in [0.29, 0.717) is 0 Å². The summed E-state index contributed by atoms with van der Waals surface area (Å²) in [6.45, 7) is 5.57. The van der Waals surface area contributed by atoms with E-state index in [9.17, 15) is 4.79 Å². The Morgan fingerprint density at radius 3 is 2.47 bits per heavy atom. The second-order valence-corrected chi connectivity index (χ2v) is 5.16. The highest BCUT2D eigenvalue weighted by Gasteiger charge is 2.33. The quantitative estimate of drug-likeness (QED) is 0.624. The van der Waals surface area contributed by atoms with Gasteiger partial charge in [0.2, 0.25) is 0 Å². The van der Waals surface area contributed by atoms with Crippen molar-refractivity contribution in [2.45, 2.75) is 52.1 Å². The Bertz CT molecular complexity index is 272. The Kier molecular flexibility index (Phi) is 3.73. The summed E-state index contributed by atoms with van der Waals surface area (Å²) in [4.78, 5) is 11.8. The van der Waals surface area contributed by atoms with Gasteiger partial charge in [-0.05, 0) is 33.6 Å². The van der Waals surface area contributed by atoms with Gasteiger partial charge in [-0.25, -0.2) is 0 Å². The van der Waals surface area contributed by atoms with E-state index < -0.39 is 5.60 Å². The van der Waals surface area contributed by atoms with Gasteiger partial charge in [-0.1, -0.05) is 12.8 Å². The van der Waals surface area contributed by atoms with Crippen molar-refractivity contribution in [1.82, 2.24) is 0 Å². The molecule has 1 fully saturated rings. The highest BCUT2D eigenvalue weighted by Crippen LogP contribution is 2.31. The number of ether oxygens (including phenoxy) is 1. The molecule has 1 saturated carbocycles. The summed E-state index contributed by atoms with van der Waals surface area (Å²) < 4.78 is 5.32. The molecule has 0 heterocycles. The lowest BCUT2D eigenvalue weighted by Gasteiger charge is -2.28. The Hall–Kier alpha value is -1.04. The average Bonchev–Trinajstić information content (AvgIpc) is 2.15. The fourth-order valence-corrected chi connectivity index (χ4v) is 1.94. The van der Waals surface area contributed by atoms with E-state index in [2.05, 4.69) is 6.07 Å². The Labute approximate surface area is 91.4 Å². The largest absolute Gasteiger partial charge is 0.460 e. The normalized spacial score (nSPS) is 26.8. The first-order valence-electron chi connectivity index (χ1n) is 5.56. The lowest BCUT2D eigenvalue weighted by atomic mass is 9.80. The number of carbonyl (C=O) groups excluding carboxylic acids is 1. The molecule has 1 aliphatic rings. The Balaban J connectivity index is 2.61. The minimum absolute atomic E-state index is 0.145. The standard InChI is InChI=1S/C12H19NO2/c1-12(2,3)15-11(14)10-7-5-4-6-9(10)8-13/h9-10H,4-7H2,1-3H3/t9-,10-/m0/s1. The highest BCUT2D eigenvalue weighted by atomic mass is 16.6. The molecule has 15 heavy (non-hydrogen) atoms. The molecular formula is C12H19NO2. The van der Waals surface area contributed by atoms with Crippen LogP contribution in [0.15, 0.2) is 0 Å². The fourth-order valence-electron chi connectivity index (χ4n) is 1.94. The molecule has 0 saturated heterocycles. The van der Waals surface area contributed by atoms with Gasteiger partial charge >= 0.3 is 5.97 Å². The van der Waals surface area contributed by atoms with Crippen LogP contribution < -0.4 is 0 Å². The monoisotopic (exact) mass is 209 g/mol. The number of hydrogen-bond donors (Lipinski definition) is 0. The molecule has 0 spiro atoms. The molecule has 3 nitrogen and oxygen atoms in total. The molecule has 0 unspecified atom stereocenters. The number of esters is 1. The molecule has 1 rings (SSSR count). The lowest BCUT2D eigenvalue weighted by molar-refractivity contribution is -0.162. The zero-order valence-corrected chi connectivity index (χ0v) is 9.75. The molecule has 0 bridgehead atoms. The van der Waals surface area contributed by atoms with E-state index in [1.165, 1.54) is 0 Å². The summed E-state index contributed by atoms with van der Waals surface area (Å²) >= 11 is 0. The first-order valence-corrected chi connectivity index (χ1v) is 5.56. The van der Waals surface area contributed by atoms with Gasteiger partial charge in [0.25, 0.3) is 0 Å². The van der Waals surface area contributed by atoms with Gasteiger partial charge in [0, 0.05) is 0 Å². The summed E-state index contributed by atoms with van der Waals surface area (Å²) in [6.07, 6.45) is 3.72. The van der Waals surface area contributed by atoms with Crippen LogP contribution in [0.1, 0.15) is 46.5 Å². The van der Waals surface area contributed by atoms with E-state index in [0.717, 1.165) is 25.7 Å². The van der Waals surface area contributed by atoms with Gasteiger partial charge in [-0.15, -0.1) is 0 Å². The highest BCUT2D eigenvalue weighted by molar-refractivity contribution is 5.73. The molecule has 1 aliphatic carbocycles. The number of hydrogen-bond acceptors (Lipinski definition) is 3. The lowest BCUT2D eigenvalue weighted by Crippen LogP contribution is -2.33. The van der Waals surface area contributed by atoms with Crippen LogP contribution in [0.4, 0.5) is 0 Å². The topological polar surface area (TPSA) is 50.1 Å². The summed E-state index contributed by atoms with van der Waals surface area (Å²) in [7, 11) is 0. The van der Waals surface area contributed by atoms with Crippen LogP contribution in [0.3, 0.4) is 0 Å². The van der Waals surface area contributed by atoms with Crippen molar-refractivity contribution < 1.29 is 9.53 Å². The van der Waals surface area contributed by atoms with Gasteiger partial charge < -0.3 is 4.74 Å². The van der Waals surface area contributed by atoms with Crippen LogP contribution in [-0.4, -0.2) is 11.6 Å². The van der Waals surface area contributed by atoms with Crippen LogP contribution in [0.5, 0.6) is 0 Å². The molecule has 3 heteroatoms. The zero-order chi connectivity index (χ0) is 11.5. The molecule has 0 N–H and O–H groups in total. The summed E-state index contributed by atoms with van der Waals surface area (Å²) in [6, 6.07) is 2.22. The minimum atomic E-state index is -0.450. The van der Waals surface area contributed by atoms with Crippen LogP contribution in [0.2, 0.25) is 0 Å².